The second-order valence-electron chi connectivity index (χ2n) is 3.43. The number of carbonyl (C=O) groups excluding carboxylic acids is 1. The molecule has 0 aromatic heterocycles. The molecule has 98 valence electrons. The summed E-state index contributed by atoms with van der Waals surface area (Å²) in [5.74, 6) is -2.36. The van der Waals surface area contributed by atoms with E-state index in [0.29, 0.717) is 0 Å². The molecule has 18 heavy (non-hydrogen) atoms. The molecular formula is C11H9F3O4. The Bertz CT molecular complexity index is 454. The van der Waals surface area contributed by atoms with Crippen LogP contribution in [0.25, 0.3) is 0 Å². The van der Waals surface area contributed by atoms with Crippen LogP contribution in [0.15, 0.2) is 24.3 Å². The lowest BCUT2D eigenvalue weighted by molar-refractivity contribution is -0.152. The minimum Gasteiger partial charge on any atom is -0.481 e. The van der Waals surface area contributed by atoms with E-state index < -0.39 is 36.7 Å². The average molecular weight is 262 g/mol. The molecule has 0 heterocycles. The van der Waals surface area contributed by atoms with Crippen molar-refractivity contribution in [3.05, 3.63) is 35.4 Å². The van der Waals surface area contributed by atoms with Gasteiger partial charge in [-0.25, -0.2) is 0 Å². The number of hydrogen-bond acceptors (Lipinski definition) is 3. The zero-order chi connectivity index (χ0) is 13.8. The van der Waals surface area contributed by atoms with Crippen molar-refractivity contribution in [3.63, 3.8) is 0 Å². The molecule has 0 atom stereocenters. The van der Waals surface area contributed by atoms with Crippen molar-refractivity contribution in [2.75, 3.05) is 0 Å². The zero-order valence-electron chi connectivity index (χ0n) is 9.03. The van der Waals surface area contributed by atoms with E-state index >= 15 is 0 Å². The van der Waals surface area contributed by atoms with Crippen molar-refractivity contribution in [1.29, 1.82) is 0 Å². The number of esters is 1. The number of hydrogen-bond donors (Lipinski definition) is 1. The molecule has 0 saturated heterocycles. The van der Waals surface area contributed by atoms with Gasteiger partial charge in [-0.2, -0.15) is 13.2 Å². The molecule has 0 amide bonds. The molecule has 1 aromatic rings. The van der Waals surface area contributed by atoms with Crippen molar-refractivity contribution < 1.29 is 32.6 Å². The third-order valence-corrected chi connectivity index (χ3v) is 1.95. The number of halogens is 3. The van der Waals surface area contributed by atoms with E-state index in [9.17, 15) is 22.8 Å². The van der Waals surface area contributed by atoms with E-state index in [0.717, 1.165) is 12.1 Å². The molecule has 4 nitrogen and oxygen atoms in total. The fraction of sp³-hybridized carbons (Fsp3) is 0.273. The molecule has 1 N–H and O–H groups in total. The van der Waals surface area contributed by atoms with Gasteiger partial charge in [0.15, 0.2) is 0 Å². The average Bonchev–Trinajstić information content (AvgIpc) is 2.25. The van der Waals surface area contributed by atoms with E-state index in [2.05, 4.69) is 4.74 Å². The number of carbonyl (C=O) groups is 2. The first-order valence-electron chi connectivity index (χ1n) is 4.82. The fourth-order valence-electron chi connectivity index (χ4n) is 1.18. The maximum Gasteiger partial charge on any atom is 0.416 e. The van der Waals surface area contributed by atoms with Crippen LogP contribution < -0.4 is 0 Å². The zero-order valence-corrected chi connectivity index (χ0v) is 9.03. The highest BCUT2D eigenvalue weighted by Crippen LogP contribution is 2.29. The van der Waals surface area contributed by atoms with Gasteiger partial charge in [-0.1, -0.05) is 12.1 Å². The molecule has 0 fully saturated rings. The SMILES string of the molecule is O=C(O)CC(=O)OCc1cccc(C(F)(F)F)c1. The summed E-state index contributed by atoms with van der Waals surface area (Å²) in [5, 5.41) is 8.28. The predicted octanol–water partition coefficient (Wildman–Crippen LogP) is 2.22. The number of rotatable bonds is 4. The topological polar surface area (TPSA) is 63.6 Å². The van der Waals surface area contributed by atoms with Crippen LogP contribution in [0.3, 0.4) is 0 Å². The highest BCUT2D eigenvalue weighted by molar-refractivity contribution is 5.90. The van der Waals surface area contributed by atoms with Gasteiger partial charge < -0.3 is 9.84 Å². The molecule has 0 spiro atoms. The summed E-state index contributed by atoms with van der Waals surface area (Å²) < 4.78 is 41.6. The van der Waals surface area contributed by atoms with Crippen LogP contribution in [0.4, 0.5) is 13.2 Å². The Kier molecular flexibility index (Phi) is 4.30. The van der Waals surface area contributed by atoms with Crippen LogP contribution in [0.1, 0.15) is 17.5 Å². The minimum absolute atomic E-state index is 0.142. The summed E-state index contributed by atoms with van der Waals surface area (Å²) in [6.45, 7) is -0.393. The fourth-order valence-corrected chi connectivity index (χ4v) is 1.18. The first kappa shape index (κ1) is 14.0. The van der Waals surface area contributed by atoms with Gasteiger partial charge in [0.1, 0.15) is 13.0 Å². The quantitative estimate of drug-likeness (QED) is 0.667. The van der Waals surface area contributed by atoms with Gasteiger partial charge in [-0.05, 0) is 17.7 Å². The largest absolute Gasteiger partial charge is 0.481 e. The summed E-state index contributed by atoms with van der Waals surface area (Å²) in [5.41, 5.74) is -0.710. The summed E-state index contributed by atoms with van der Waals surface area (Å²) in [4.78, 5) is 21.0. The lowest BCUT2D eigenvalue weighted by Crippen LogP contribution is -2.11. The van der Waals surface area contributed by atoms with Crippen molar-refractivity contribution in [2.24, 2.45) is 0 Å². The van der Waals surface area contributed by atoms with Crippen LogP contribution in [0.5, 0.6) is 0 Å². The third-order valence-electron chi connectivity index (χ3n) is 1.95. The van der Waals surface area contributed by atoms with Gasteiger partial charge in [-0.15, -0.1) is 0 Å². The van der Waals surface area contributed by atoms with Crippen molar-refractivity contribution in [3.8, 4) is 0 Å². The lowest BCUT2D eigenvalue weighted by Gasteiger charge is -2.08. The second kappa shape index (κ2) is 5.52. The molecule has 0 aliphatic rings. The van der Waals surface area contributed by atoms with Gasteiger partial charge >= 0.3 is 18.1 Å². The van der Waals surface area contributed by atoms with Crippen LogP contribution in [0, 0.1) is 0 Å². The van der Waals surface area contributed by atoms with Crippen LogP contribution >= 0.6 is 0 Å². The van der Waals surface area contributed by atoms with E-state index in [1.54, 1.807) is 0 Å². The number of aliphatic carboxylic acids is 1. The maximum absolute atomic E-state index is 12.4. The Balaban J connectivity index is 2.63. The van der Waals surface area contributed by atoms with E-state index in [-0.39, 0.29) is 5.56 Å². The molecular weight excluding hydrogens is 253 g/mol. The number of carboxylic acids is 1. The second-order valence-corrected chi connectivity index (χ2v) is 3.43. The Morgan fingerprint density at radius 1 is 1.28 bits per heavy atom. The van der Waals surface area contributed by atoms with Gasteiger partial charge in [-0.3, -0.25) is 9.59 Å². The number of carboxylic acid groups (broad SMARTS) is 1. The normalized spacial score (nSPS) is 11.1. The molecule has 0 radical (unpaired) electrons. The first-order chi connectivity index (χ1) is 8.29. The van der Waals surface area contributed by atoms with E-state index in [1.807, 2.05) is 0 Å². The van der Waals surface area contributed by atoms with Gasteiger partial charge in [0.25, 0.3) is 0 Å². The molecule has 0 saturated carbocycles. The Morgan fingerprint density at radius 2 is 1.94 bits per heavy atom. The number of ether oxygens (including phenoxy) is 1. The van der Waals surface area contributed by atoms with Crippen molar-refractivity contribution in [1.82, 2.24) is 0 Å². The number of benzene rings is 1. The maximum atomic E-state index is 12.4. The summed E-state index contributed by atoms with van der Waals surface area (Å²) in [6.07, 6.45) is -5.29. The monoisotopic (exact) mass is 262 g/mol. The summed E-state index contributed by atoms with van der Waals surface area (Å²) >= 11 is 0. The molecule has 0 bridgehead atoms. The predicted molar refractivity (Wildman–Crippen MR) is 53.5 cm³/mol. The lowest BCUT2D eigenvalue weighted by atomic mass is 10.1. The van der Waals surface area contributed by atoms with Gasteiger partial charge in [0.2, 0.25) is 0 Å². The molecule has 0 aliphatic heterocycles. The van der Waals surface area contributed by atoms with Crippen molar-refractivity contribution >= 4 is 11.9 Å². The van der Waals surface area contributed by atoms with Gasteiger partial charge in [0.05, 0.1) is 5.56 Å². The third kappa shape index (κ3) is 4.44. The first-order valence-corrected chi connectivity index (χ1v) is 4.82. The standard InChI is InChI=1S/C11H9F3O4/c12-11(13,14)8-3-1-2-7(4-8)6-18-10(17)5-9(15)16/h1-4H,5-6H2,(H,15,16). The van der Waals surface area contributed by atoms with Crippen LogP contribution in [-0.4, -0.2) is 17.0 Å². The van der Waals surface area contributed by atoms with Crippen LogP contribution in [0.2, 0.25) is 0 Å². The Labute approximate surface area is 100.0 Å². The molecule has 7 heteroatoms. The molecule has 1 aromatic carbocycles. The van der Waals surface area contributed by atoms with E-state index in [4.69, 9.17) is 5.11 Å². The van der Waals surface area contributed by atoms with Crippen molar-refractivity contribution in [2.45, 2.75) is 19.2 Å². The van der Waals surface area contributed by atoms with E-state index in [1.165, 1.54) is 12.1 Å². The Morgan fingerprint density at radius 3 is 2.50 bits per heavy atom. The number of alkyl halides is 3. The molecule has 0 unspecified atom stereocenters. The highest BCUT2D eigenvalue weighted by atomic mass is 19.4. The molecule has 1 rings (SSSR count). The summed E-state index contributed by atoms with van der Waals surface area (Å²) in [7, 11) is 0. The molecule has 0 aliphatic carbocycles. The smallest absolute Gasteiger partial charge is 0.416 e. The minimum atomic E-state index is -4.47. The summed E-state index contributed by atoms with van der Waals surface area (Å²) in [6, 6.07) is 4.27. The van der Waals surface area contributed by atoms with Gasteiger partial charge in [0, 0.05) is 0 Å². The highest BCUT2D eigenvalue weighted by Gasteiger charge is 2.30. The van der Waals surface area contributed by atoms with Crippen LogP contribution in [-0.2, 0) is 27.1 Å². The Hall–Kier alpha value is -2.05.